The number of nitrogens with zero attached hydrogens (tertiary/aromatic N) is 1. The van der Waals surface area contributed by atoms with E-state index in [1.165, 1.54) is 0 Å². The third-order valence-corrected chi connectivity index (χ3v) is 5.32. The number of pyridine rings is 1. The van der Waals surface area contributed by atoms with Gasteiger partial charge in [0, 0.05) is 18.2 Å². The van der Waals surface area contributed by atoms with Crippen molar-refractivity contribution in [2.75, 3.05) is 12.4 Å². The lowest BCUT2D eigenvalue weighted by molar-refractivity contribution is 0.339. The van der Waals surface area contributed by atoms with Gasteiger partial charge in [0.25, 0.3) is 0 Å². The van der Waals surface area contributed by atoms with Crippen molar-refractivity contribution >= 4 is 9.84 Å². The Labute approximate surface area is 121 Å². The van der Waals surface area contributed by atoms with Crippen LogP contribution in [0.3, 0.4) is 0 Å². The van der Waals surface area contributed by atoms with Gasteiger partial charge in [-0.25, -0.2) is 8.42 Å². The topological polar surface area (TPSA) is 82.3 Å². The summed E-state index contributed by atoms with van der Waals surface area (Å²) in [6.45, 7) is 5.53. The maximum absolute atomic E-state index is 11.6. The van der Waals surface area contributed by atoms with Crippen LogP contribution in [0.15, 0.2) is 18.3 Å². The highest BCUT2D eigenvalue weighted by Crippen LogP contribution is 2.11. The molecule has 20 heavy (non-hydrogen) atoms. The molecule has 0 radical (unpaired) electrons. The summed E-state index contributed by atoms with van der Waals surface area (Å²) in [5.74, 6) is 0.602. The second kappa shape index (κ2) is 7.59. The molecule has 0 aliphatic carbocycles. The lowest BCUT2D eigenvalue weighted by atomic mass is 10.1. The predicted molar refractivity (Wildman–Crippen MR) is 80.6 cm³/mol. The van der Waals surface area contributed by atoms with Crippen LogP contribution in [0.1, 0.15) is 32.9 Å². The van der Waals surface area contributed by atoms with Crippen molar-refractivity contribution in [3.05, 3.63) is 24.0 Å². The summed E-state index contributed by atoms with van der Waals surface area (Å²) in [6.07, 6.45) is 3.26. The molecule has 1 heterocycles. The standard InChI is InChI=1S/C14H24N2O3S/c1-4-12(15)9-13-5-6-14(10-16-13)19-7-8-20(17,18)11(2)3/h5-6,10-12H,4,7-9,15H2,1-3H3. The van der Waals surface area contributed by atoms with Crippen LogP contribution in [0.25, 0.3) is 0 Å². The van der Waals surface area contributed by atoms with E-state index in [-0.39, 0.29) is 23.7 Å². The van der Waals surface area contributed by atoms with Gasteiger partial charge in [-0.2, -0.15) is 0 Å². The first-order valence-corrected chi connectivity index (χ1v) is 8.61. The zero-order chi connectivity index (χ0) is 15.2. The monoisotopic (exact) mass is 300 g/mol. The molecule has 0 aromatic carbocycles. The molecule has 1 rings (SSSR count). The molecule has 1 atom stereocenters. The van der Waals surface area contributed by atoms with Crippen LogP contribution in [-0.2, 0) is 16.3 Å². The number of hydrogen-bond donors (Lipinski definition) is 1. The molecular formula is C14H24N2O3S. The van der Waals surface area contributed by atoms with Crippen molar-refractivity contribution in [3.8, 4) is 5.75 Å². The van der Waals surface area contributed by atoms with Gasteiger partial charge in [0.1, 0.15) is 12.4 Å². The van der Waals surface area contributed by atoms with Gasteiger partial charge < -0.3 is 10.5 Å². The normalized spacial score (nSPS) is 13.4. The molecule has 1 unspecified atom stereocenters. The molecule has 0 amide bonds. The number of nitrogens with two attached hydrogens (primary N) is 1. The van der Waals surface area contributed by atoms with Crippen molar-refractivity contribution in [3.63, 3.8) is 0 Å². The molecule has 2 N–H and O–H groups in total. The molecule has 1 aromatic rings. The Hall–Kier alpha value is -1.14. The molecule has 0 bridgehead atoms. The summed E-state index contributed by atoms with van der Waals surface area (Å²) in [5, 5.41) is -0.373. The number of rotatable bonds is 8. The molecule has 5 nitrogen and oxygen atoms in total. The predicted octanol–water partition coefficient (Wildman–Crippen LogP) is 1.56. The zero-order valence-corrected chi connectivity index (χ0v) is 13.2. The van der Waals surface area contributed by atoms with Crippen LogP contribution in [0, 0.1) is 0 Å². The van der Waals surface area contributed by atoms with Crippen molar-refractivity contribution in [1.29, 1.82) is 0 Å². The third kappa shape index (κ3) is 5.46. The minimum absolute atomic E-state index is 0.0210. The smallest absolute Gasteiger partial charge is 0.155 e. The van der Waals surface area contributed by atoms with E-state index in [1.807, 2.05) is 13.0 Å². The summed E-state index contributed by atoms with van der Waals surface area (Å²) in [6, 6.07) is 3.78. The van der Waals surface area contributed by atoms with Gasteiger partial charge in [-0.1, -0.05) is 6.92 Å². The van der Waals surface area contributed by atoms with Gasteiger partial charge >= 0.3 is 0 Å². The molecule has 0 aliphatic rings. The van der Waals surface area contributed by atoms with E-state index in [4.69, 9.17) is 10.5 Å². The SMILES string of the molecule is CCC(N)Cc1ccc(OCCS(=O)(=O)C(C)C)cn1. The summed E-state index contributed by atoms with van der Waals surface area (Å²) >= 11 is 0. The first-order valence-electron chi connectivity index (χ1n) is 6.90. The summed E-state index contributed by atoms with van der Waals surface area (Å²) < 4.78 is 28.6. The van der Waals surface area contributed by atoms with Gasteiger partial charge in [-0.3, -0.25) is 4.98 Å². The van der Waals surface area contributed by atoms with E-state index in [1.54, 1.807) is 26.1 Å². The van der Waals surface area contributed by atoms with Gasteiger partial charge in [-0.05, 0) is 32.4 Å². The van der Waals surface area contributed by atoms with Crippen molar-refractivity contribution in [2.45, 2.75) is 44.9 Å². The van der Waals surface area contributed by atoms with Crippen LogP contribution in [0.2, 0.25) is 0 Å². The Balaban J connectivity index is 2.46. The maximum atomic E-state index is 11.6. The average molecular weight is 300 g/mol. The Kier molecular flexibility index (Phi) is 6.42. The maximum Gasteiger partial charge on any atom is 0.155 e. The van der Waals surface area contributed by atoms with Crippen LogP contribution in [-0.4, -0.2) is 37.1 Å². The first-order chi connectivity index (χ1) is 9.35. The lowest BCUT2D eigenvalue weighted by Crippen LogP contribution is -2.22. The van der Waals surface area contributed by atoms with Crippen LogP contribution >= 0.6 is 0 Å². The molecule has 0 fully saturated rings. The van der Waals surface area contributed by atoms with Gasteiger partial charge in [0.05, 0.1) is 17.2 Å². The van der Waals surface area contributed by atoms with Crippen molar-refractivity contribution in [2.24, 2.45) is 5.73 Å². The summed E-state index contributed by atoms with van der Waals surface area (Å²) in [4.78, 5) is 4.26. The van der Waals surface area contributed by atoms with E-state index < -0.39 is 9.84 Å². The highest BCUT2D eigenvalue weighted by atomic mass is 32.2. The molecule has 1 aromatic heterocycles. The summed E-state index contributed by atoms with van der Waals surface area (Å²) in [5.41, 5.74) is 6.78. The third-order valence-electron chi connectivity index (χ3n) is 3.15. The summed E-state index contributed by atoms with van der Waals surface area (Å²) in [7, 11) is -3.06. The molecule has 0 saturated carbocycles. The lowest BCUT2D eigenvalue weighted by Gasteiger charge is -2.10. The largest absolute Gasteiger partial charge is 0.491 e. The van der Waals surface area contributed by atoms with E-state index in [9.17, 15) is 8.42 Å². The van der Waals surface area contributed by atoms with Crippen LogP contribution in [0.5, 0.6) is 5.75 Å². The number of sulfone groups is 1. The second-order valence-corrected chi connectivity index (χ2v) is 7.80. The van der Waals surface area contributed by atoms with Crippen LogP contribution in [0.4, 0.5) is 0 Å². The van der Waals surface area contributed by atoms with E-state index in [2.05, 4.69) is 4.98 Å². The molecule has 114 valence electrons. The minimum atomic E-state index is -3.06. The zero-order valence-electron chi connectivity index (χ0n) is 12.4. The Morgan fingerprint density at radius 3 is 2.55 bits per heavy atom. The highest BCUT2D eigenvalue weighted by Gasteiger charge is 2.15. The van der Waals surface area contributed by atoms with Crippen molar-refractivity contribution in [1.82, 2.24) is 4.98 Å². The van der Waals surface area contributed by atoms with E-state index in [0.717, 1.165) is 18.5 Å². The molecule has 0 aliphatic heterocycles. The quantitative estimate of drug-likeness (QED) is 0.788. The molecule has 0 spiro atoms. The molecular weight excluding hydrogens is 276 g/mol. The fourth-order valence-electron chi connectivity index (χ4n) is 1.54. The van der Waals surface area contributed by atoms with E-state index in [0.29, 0.717) is 5.75 Å². The number of ether oxygens (including phenoxy) is 1. The van der Waals surface area contributed by atoms with Gasteiger partial charge in [0.2, 0.25) is 0 Å². The second-order valence-electron chi connectivity index (χ2n) is 5.12. The van der Waals surface area contributed by atoms with Crippen molar-refractivity contribution < 1.29 is 13.2 Å². The van der Waals surface area contributed by atoms with Crippen LogP contribution < -0.4 is 10.5 Å². The Morgan fingerprint density at radius 1 is 1.35 bits per heavy atom. The van der Waals surface area contributed by atoms with Gasteiger partial charge in [-0.15, -0.1) is 0 Å². The average Bonchev–Trinajstić information content (AvgIpc) is 2.40. The minimum Gasteiger partial charge on any atom is -0.491 e. The number of hydrogen-bond acceptors (Lipinski definition) is 5. The van der Waals surface area contributed by atoms with Gasteiger partial charge in [0.15, 0.2) is 9.84 Å². The molecule has 0 saturated heterocycles. The number of aromatic nitrogens is 1. The Bertz CT molecular complexity index is 498. The first kappa shape index (κ1) is 16.9. The fourth-order valence-corrected chi connectivity index (χ4v) is 2.33. The highest BCUT2D eigenvalue weighted by molar-refractivity contribution is 7.91. The van der Waals surface area contributed by atoms with E-state index >= 15 is 0 Å². The molecule has 6 heteroatoms. The fraction of sp³-hybridized carbons (Fsp3) is 0.643. The Morgan fingerprint density at radius 2 is 2.05 bits per heavy atom.